The van der Waals surface area contributed by atoms with E-state index in [1.54, 1.807) is 12.1 Å². The van der Waals surface area contributed by atoms with Crippen molar-refractivity contribution < 1.29 is 23.7 Å². The van der Waals surface area contributed by atoms with Crippen LogP contribution in [0.2, 0.25) is 0 Å². The topological polar surface area (TPSA) is 184 Å². The summed E-state index contributed by atoms with van der Waals surface area (Å²) in [5.74, 6) is -1.83. The van der Waals surface area contributed by atoms with Gasteiger partial charge >= 0.3 is 5.69 Å². The molecule has 18 heteroatoms. The fraction of sp³-hybridized carbons (Fsp3) is 0.267. The first-order valence-electron chi connectivity index (χ1n) is 14.7. The molecule has 0 radical (unpaired) electrons. The lowest BCUT2D eigenvalue weighted by Gasteiger charge is -2.37. The molecule has 2 aromatic heterocycles. The minimum atomic E-state index is -2.09. The van der Waals surface area contributed by atoms with Crippen LogP contribution in [0.25, 0.3) is 5.69 Å². The first kappa shape index (κ1) is 31.9. The zero-order valence-electron chi connectivity index (χ0n) is 25.3. The molecule has 5 aromatic rings. The van der Waals surface area contributed by atoms with Crippen LogP contribution in [0.15, 0.2) is 84.4 Å². The molecule has 1 fully saturated rings. The van der Waals surface area contributed by atoms with Crippen LogP contribution in [0.3, 0.4) is 0 Å². The lowest BCUT2D eigenvalue weighted by molar-refractivity contribution is -0.393. The summed E-state index contributed by atoms with van der Waals surface area (Å²) in [6, 6.07) is 12.3. The number of halogens is 2. The quantitative estimate of drug-likeness (QED) is 0.171. The molecule has 1 N–H and O–H groups in total. The number of nitro groups is 2. The molecule has 0 aliphatic carbocycles. The van der Waals surface area contributed by atoms with E-state index in [1.807, 2.05) is 17.0 Å². The number of anilines is 2. The number of nitrogens with zero attached hydrogens (tertiary/aromatic N) is 10. The van der Waals surface area contributed by atoms with Crippen LogP contribution in [0, 0.1) is 31.9 Å². The minimum Gasteiger partial charge on any atom is -0.381 e. The fourth-order valence-corrected chi connectivity index (χ4v) is 5.87. The second kappa shape index (κ2) is 12.6. The zero-order chi connectivity index (χ0) is 34.2. The molecule has 0 spiro atoms. The standard InChI is InChI=1S/C30H28F2N10O6/c1-20(30(44,16-38-18-33-17-34-38)25-8-2-21(31)14-26(25)32)40-29(43)39(19-35-40)23-5-3-22(4-6-23)36-10-12-37(13-11-36)27-9-7-24(41(45)46)15-28(27)42(47)48/h2-9,14-15,17-20,44H,10-13,16H2,1H3/t20-,30-/m1/s1. The van der Waals surface area contributed by atoms with Crippen LogP contribution < -0.4 is 15.5 Å². The van der Waals surface area contributed by atoms with Crippen LogP contribution >= 0.6 is 0 Å². The van der Waals surface area contributed by atoms with Gasteiger partial charge in [0.25, 0.3) is 11.4 Å². The SMILES string of the molecule is C[C@@H](n1ncn(-c2ccc(N3CCN(c4ccc([N+](=O)[O-])cc4[N+](=O)[O-])CC3)cc2)c1=O)[C@](O)(Cn1cncn1)c1ccc(F)cc1F. The van der Waals surface area contributed by atoms with E-state index in [-0.39, 0.29) is 23.5 Å². The molecule has 0 unspecified atom stereocenters. The number of nitro benzene ring substituents is 2. The molecule has 16 nitrogen and oxygen atoms in total. The van der Waals surface area contributed by atoms with E-state index in [9.17, 15) is 38.9 Å². The molecule has 2 atom stereocenters. The van der Waals surface area contributed by atoms with Crippen LogP contribution in [0.1, 0.15) is 18.5 Å². The maximum absolute atomic E-state index is 15.0. The summed E-state index contributed by atoms with van der Waals surface area (Å²) in [6.07, 6.45) is 3.84. The Labute approximate surface area is 270 Å². The first-order chi connectivity index (χ1) is 23.0. The van der Waals surface area contributed by atoms with Crippen molar-refractivity contribution in [2.75, 3.05) is 36.0 Å². The Hall–Kier alpha value is -6.04. The molecule has 48 heavy (non-hydrogen) atoms. The predicted molar refractivity (Wildman–Crippen MR) is 167 cm³/mol. The van der Waals surface area contributed by atoms with E-state index in [0.29, 0.717) is 43.6 Å². The molecule has 1 saturated heterocycles. The Balaban J connectivity index is 1.20. The van der Waals surface area contributed by atoms with Crippen molar-refractivity contribution in [2.24, 2.45) is 0 Å². The first-order valence-corrected chi connectivity index (χ1v) is 14.7. The predicted octanol–water partition coefficient (Wildman–Crippen LogP) is 3.20. The highest BCUT2D eigenvalue weighted by molar-refractivity contribution is 5.67. The fourth-order valence-electron chi connectivity index (χ4n) is 5.87. The molecule has 0 amide bonds. The number of benzene rings is 3. The molecular formula is C30H28F2N10O6. The van der Waals surface area contributed by atoms with Crippen molar-refractivity contribution in [1.29, 1.82) is 0 Å². The smallest absolute Gasteiger partial charge is 0.350 e. The van der Waals surface area contributed by atoms with Crippen molar-refractivity contribution in [3.63, 3.8) is 0 Å². The van der Waals surface area contributed by atoms with Crippen molar-refractivity contribution in [1.82, 2.24) is 29.1 Å². The molecule has 6 rings (SSSR count). The van der Waals surface area contributed by atoms with Gasteiger partial charge in [-0.3, -0.25) is 20.2 Å². The van der Waals surface area contributed by atoms with Crippen molar-refractivity contribution in [2.45, 2.75) is 25.1 Å². The van der Waals surface area contributed by atoms with E-state index in [0.717, 1.165) is 28.6 Å². The summed E-state index contributed by atoms with van der Waals surface area (Å²) in [5, 5.41) is 42.8. The highest BCUT2D eigenvalue weighted by atomic mass is 19.1. The molecule has 0 saturated carbocycles. The average Bonchev–Trinajstić information content (AvgIpc) is 3.73. The number of hydrogen-bond donors (Lipinski definition) is 1. The van der Waals surface area contributed by atoms with Crippen LogP contribution in [0.5, 0.6) is 0 Å². The summed E-state index contributed by atoms with van der Waals surface area (Å²) in [5.41, 5.74) is -2.03. The van der Waals surface area contributed by atoms with E-state index in [1.165, 1.54) is 47.3 Å². The highest BCUT2D eigenvalue weighted by Crippen LogP contribution is 2.36. The van der Waals surface area contributed by atoms with Crippen LogP contribution in [-0.4, -0.2) is 70.2 Å². The van der Waals surface area contributed by atoms with Gasteiger partial charge in [-0.25, -0.2) is 32.5 Å². The molecule has 3 aromatic carbocycles. The second-order valence-electron chi connectivity index (χ2n) is 11.2. The zero-order valence-corrected chi connectivity index (χ0v) is 25.3. The molecule has 248 valence electrons. The van der Waals surface area contributed by atoms with E-state index >= 15 is 0 Å². The Kier molecular flexibility index (Phi) is 8.40. The van der Waals surface area contributed by atoms with Crippen LogP contribution in [0.4, 0.5) is 31.5 Å². The van der Waals surface area contributed by atoms with Gasteiger partial charge in [0.1, 0.15) is 41.9 Å². The number of piperazine rings is 1. The van der Waals surface area contributed by atoms with Gasteiger partial charge in [-0.2, -0.15) is 10.2 Å². The van der Waals surface area contributed by atoms with E-state index < -0.39 is 38.8 Å². The van der Waals surface area contributed by atoms with Gasteiger partial charge < -0.3 is 14.9 Å². The summed E-state index contributed by atoms with van der Waals surface area (Å²) in [7, 11) is 0. The summed E-state index contributed by atoms with van der Waals surface area (Å²) in [4.78, 5) is 42.7. The van der Waals surface area contributed by atoms with Crippen molar-refractivity contribution >= 4 is 22.7 Å². The number of non-ortho nitro benzene ring substituents is 1. The number of hydrogen-bond acceptors (Lipinski definition) is 11. The molecule has 0 bridgehead atoms. The maximum atomic E-state index is 15.0. The molecule has 1 aliphatic heterocycles. The molecule has 3 heterocycles. The van der Waals surface area contributed by atoms with Gasteiger partial charge in [-0.1, -0.05) is 6.07 Å². The maximum Gasteiger partial charge on any atom is 0.350 e. The summed E-state index contributed by atoms with van der Waals surface area (Å²) in [6.45, 7) is 3.05. The number of aliphatic hydroxyl groups is 1. The highest BCUT2D eigenvalue weighted by Gasteiger charge is 2.42. The number of aromatic nitrogens is 6. The number of rotatable bonds is 10. The van der Waals surface area contributed by atoms with E-state index in [2.05, 4.69) is 20.1 Å². The third kappa shape index (κ3) is 5.95. The van der Waals surface area contributed by atoms with Gasteiger partial charge in [-0.05, 0) is 43.3 Å². The Morgan fingerprint density at radius 1 is 0.896 bits per heavy atom. The average molecular weight is 663 g/mol. The van der Waals surface area contributed by atoms with Gasteiger partial charge in [-0.15, -0.1) is 0 Å². The van der Waals surface area contributed by atoms with Gasteiger partial charge in [0.15, 0.2) is 0 Å². The summed E-state index contributed by atoms with van der Waals surface area (Å²) >= 11 is 0. The van der Waals surface area contributed by atoms with E-state index in [4.69, 9.17) is 0 Å². The third-order valence-corrected chi connectivity index (χ3v) is 8.50. The van der Waals surface area contributed by atoms with Gasteiger partial charge in [0.2, 0.25) is 0 Å². The lowest BCUT2D eigenvalue weighted by atomic mass is 9.86. The van der Waals surface area contributed by atoms with Gasteiger partial charge in [0, 0.05) is 49.6 Å². The second-order valence-corrected chi connectivity index (χ2v) is 11.2. The third-order valence-electron chi connectivity index (χ3n) is 8.50. The Bertz CT molecular complexity index is 2030. The van der Waals surface area contributed by atoms with Crippen LogP contribution in [-0.2, 0) is 12.1 Å². The summed E-state index contributed by atoms with van der Waals surface area (Å²) < 4.78 is 32.3. The van der Waals surface area contributed by atoms with Crippen molar-refractivity contribution in [3.05, 3.63) is 128 Å². The lowest BCUT2D eigenvalue weighted by Crippen LogP contribution is -2.46. The Morgan fingerprint density at radius 2 is 1.58 bits per heavy atom. The Morgan fingerprint density at radius 3 is 2.21 bits per heavy atom. The minimum absolute atomic E-state index is 0.249. The molecular weight excluding hydrogens is 634 g/mol. The largest absolute Gasteiger partial charge is 0.381 e. The monoisotopic (exact) mass is 662 g/mol. The van der Waals surface area contributed by atoms with Gasteiger partial charge in [0.05, 0.1) is 34.2 Å². The molecule has 1 aliphatic rings. The normalized spacial score (nSPS) is 15.2. The van der Waals surface area contributed by atoms with Crippen molar-refractivity contribution in [3.8, 4) is 5.69 Å².